The first-order chi connectivity index (χ1) is 8.06. The molecule has 0 aliphatic heterocycles. The molecule has 0 bridgehead atoms. The zero-order valence-corrected chi connectivity index (χ0v) is 9.35. The number of aryl methyl sites for hydroxylation is 1. The second-order valence-corrected chi connectivity index (χ2v) is 3.88. The van der Waals surface area contributed by atoms with Crippen molar-refractivity contribution in [3.63, 3.8) is 0 Å². The van der Waals surface area contributed by atoms with Crippen molar-refractivity contribution in [2.75, 3.05) is 5.73 Å². The monoisotopic (exact) mass is 233 g/mol. The number of nitrogens with zero attached hydrogens (tertiary/aromatic N) is 2. The Kier molecular flexibility index (Phi) is 2.91. The van der Waals surface area contributed by atoms with E-state index in [0.29, 0.717) is 17.8 Å². The number of halogens is 1. The normalized spacial score (nSPS) is 10.5. The highest BCUT2D eigenvalue weighted by molar-refractivity contribution is 5.46. The molecular formula is C12H12FN3O. The Morgan fingerprint density at radius 3 is 2.94 bits per heavy atom. The molecule has 0 atom stereocenters. The molecular weight excluding hydrogens is 221 g/mol. The molecule has 0 saturated carbocycles. The highest BCUT2D eigenvalue weighted by Crippen LogP contribution is 2.14. The Hall–Kier alpha value is -2.17. The van der Waals surface area contributed by atoms with E-state index in [-0.39, 0.29) is 11.5 Å². The third-order valence-corrected chi connectivity index (χ3v) is 2.43. The minimum atomic E-state index is -0.388. The van der Waals surface area contributed by atoms with Crippen LogP contribution in [0.25, 0.3) is 0 Å². The number of benzene rings is 1. The van der Waals surface area contributed by atoms with Crippen LogP contribution in [-0.4, -0.2) is 9.55 Å². The molecule has 2 rings (SSSR count). The lowest BCUT2D eigenvalue weighted by atomic mass is 10.2. The molecule has 1 aromatic carbocycles. The van der Waals surface area contributed by atoms with Gasteiger partial charge in [0.05, 0.1) is 6.54 Å². The first-order valence-electron chi connectivity index (χ1n) is 5.13. The van der Waals surface area contributed by atoms with Crippen LogP contribution in [0.5, 0.6) is 0 Å². The van der Waals surface area contributed by atoms with Gasteiger partial charge in [-0.05, 0) is 30.2 Å². The number of hydrogen-bond acceptors (Lipinski definition) is 3. The molecule has 5 heteroatoms. The van der Waals surface area contributed by atoms with Crippen LogP contribution >= 0.6 is 0 Å². The summed E-state index contributed by atoms with van der Waals surface area (Å²) in [5.74, 6) is -0.388. The van der Waals surface area contributed by atoms with Crippen molar-refractivity contribution in [1.82, 2.24) is 9.55 Å². The maximum Gasteiger partial charge on any atom is 0.347 e. The quantitative estimate of drug-likeness (QED) is 0.796. The van der Waals surface area contributed by atoms with E-state index in [0.717, 1.165) is 5.56 Å². The maximum absolute atomic E-state index is 12.9. The topological polar surface area (TPSA) is 60.9 Å². The predicted molar refractivity (Wildman–Crippen MR) is 63.1 cm³/mol. The number of nitrogens with two attached hydrogens (primary N) is 1. The number of aromatic nitrogens is 2. The molecule has 1 aromatic heterocycles. The fourth-order valence-electron chi connectivity index (χ4n) is 1.57. The van der Waals surface area contributed by atoms with Gasteiger partial charge in [-0.3, -0.25) is 4.57 Å². The number of rotatable bonds is 2. The van der Waals surface area contributed by atoms with Crippen molar-refractivity contribution in [1.29, 1.82) is 0 Å². The third kappa shape index (κ3) is 2.50. The number of anilines is 1. The summed E-state index contributed by atoms with van der Waals surface area (Å²) in [6.07, 6.45) is 3.20. The lowest BCUT2D eigenvalue weighted by molar-refractivity contribution is 0.626. The second-order valence-electron chi connectivity index (χ2n) is 3.88. The van der Waals surface area contributed by atoms with Crippen LogP contribution < -0.4 is 11.4 Å². The van der Waals surface area contributed by atoms with E-state index in [1.54, 1.807) is 12.3 Å². The molecule has 2 N–H and O–H groups in total. The maximum atomic E-state index is 12.9. The minimum absolute atomic E-state index is 0.291. The molecule has 0 radical (unpaired) electrons. The predicted octanol–water partition coefficient (Wildman–Crippen LogP) is 1.32. The van der Waals surface area contributed by atoms with Gasteiger partial charge in [-0.15, -0.1) is 0 Å². The van der Waals surface area contributed by atoms with Crippen LogP contribution in [-0.2, 0) is 6.54 Å². The second kappa shape index (κ2) is 4.37. The van der Waals surface area contributed by atoms with Crippen molar-refractivity contribution in [2.24, 2.45) is 0 Å². The number of nitrogen functional groups attached to an aromatic ring is 1. The van der Waals surface area contributed by atoms with Crippen LogP contribution in [0, 0.1) is 12.7 Å². The smallest absolute Gasteiger partial charge is 0.347 e. The van der Waals surface area contributed by atoms with E-state index in [2.05, 4.69) is 4.98 Å². The summed E-state index contributed by atoms with van der Waals surface area (Å²) in [6, 6.07) is 4.13. The van der Waals surface area contributed by atoms with Crippen molar-refractivity contribution in [3.05, 3.63) is 58.0 Å². The van der Waals surface area contributed by atoms with Crippen LogP contribution in [0.1, 0.15) is 11.1 Å². The summed E-state index contributed by atoms with van der Waals surface area (Å²) in [5, 5.41) is 0. The molecule has 2 aromatic rings. The SMILES string of the molecule is Cc1cnc(=O)n(Cc2ccc(F)cc2N)c1. The minimum Gasteiger partial charge on any atom is -0.398 e. The first-order valence-corrected chi connectivity index (χ1v) is 5.13. The van der Waals surface area contributed by atoms with Crippen molar-refractivity contribution < 1.29 is 4.39 Å². The van der Waals surface area contributed by atoms with E-state index in [1.165, 1.54) is 22.9 Å². The lowest BCUT2D eigenvalue weighted by Gasteiger charge is -2.08. The fourth-order valence-corrected chi connectivity index (χ4v) is 1.57. The van der Waals surface area contributed by atoms with E-state index in [9.17, 15) is 9.18 Å². The van der Waals surface area contributed by atoms with E-state index < -0.39 is 0 Å². The Morgan fingerprint density at radius 1 is 1.47 bits per heavy atom. The molecule has 17 heavy (non-hydrogen) atoms. The largest absolute Gasteiger partial charge is 0.398 e. The van der Waals surface area contributed by atoms with Crippen LogP contribution in [0.3, 0.4) is 0 Å². The standard InChI is InChI=1S/C12H12FN3O/c1-8-5-15-12(17)16(6-8)7-9-2-3-10(13)4-11(9)14/h2-6H,7,14H2,1H3. The molecule has 0 amide bonds. The summed E-state index contributed by atoms with van der Waals surface area (Å²) in [4.78, 5) is 15.2. The number of hydrogen-bond donors (Lipinski definition) is 1. The van der Waals surface area contributed by atoms with Gasteiger partial charge < -0.3 is 5.73 Å². The first kappa shape index (κ1) is 11.3. The molecule has 88 valence electrons. The zero-order chi connectivity index (χ0) is 12.4. The van der Waals surface area contributed by atoms with Gasteiger partial charge in [0.2, 0.25) is 0 Å². The Bertz CT molecular complexity index is 607. The van der Waals surface area contributed by atoms with Gasteiger partial charge in [0, 0.05) is 18.1 Å². The average molecular weight is 233 g/mol. The van der Waals surface area contributed by atoms with Gasteiger partial charge in [0.1, 0.15) is 5.82 Å². The van der Waals surface area contributed by atoms with E-state index in [4.69, 9.17) is 5.73 Å². The van der Waals surface area contributed by atoms with Crippen LogP contribution in [0.2, 0.25) is 0 Å². The lowest BCUT2D eigenvalue weighted by Crippen LogP contribution is -2.23. The summed E-state index contributed by atoms with van der Waals surface area (Å²) < 4.78 is 14.3. The van der Waals surface area contributed by atoms with E-state index in [1.807, 2.05) is 6.92 Å². The average Bonchev–Trinajstić information content (AvgIpc) is 2.27. The molecule has 0 unspecified atom stereocenters. The van der Waals surface area contributed by atoms with Gasteiger partial charge >= 0.3 is 5.69 Å². The highest BCUT2D eigenvalue weighted by atomic mass is 19.1. The van der Waals surface area contributed by atoms with Gasteiger partial charge in [-0.1, -0.05) is 6.07 Å². The molecule has 0 saturated heterocycles. The molecule has 1 heterocycles. The molecule has 4 nitrogen and oxygen atoms in total. The van der Waals surface area contributed by atoms with Gasteiger partial charge in [-0.2, -0.15) is 0 Å². The summed E-state index contributed by atoms with van der Waals surface area (Å²) in [6.45, 7) is 2.14. The highest BCUT2D eigenvalue weighted by Gasteiger charge is 2.04. The Morgan fingerprint density at radius 2 is 2.24 bits per heavy atom. The Labute approximate surface area is 97.5 Å². The Balaban J connectivity index is 2.38. The summed E-state index contributed by atoms with van der Waals surface area (Å²) >= 11 is 0. The van der Waals surface area contributed by atoms with Gasteiger partial charge in [0.25, 0.3) is 0 Å². The molecule has 0 spiro atoms. The zero-order valence-electron chi connectivity index (χ0n) is 9.35. The van der Waals surface area contributed by atoms with E-state index >= 15 is 0 Å². The summed E-state index contributed by atoms with van der Waals surface area (Å²) in [7, 11) is 0. The fraction of sp³-hybridized carbons (Fsp3) is 0.167. The van der Waals surface area contributed by atoms with Gasteiger partial charge in [-0.25, -0.2) is 14.2 Å². The van der Waals surface area contributed by atoms with Crippen LogP contribution in [0.4, 0.5) is 10.1 Å². The van der Waals surface area contributed by atoms with Gasteiger partial charge in [0.15, 0.2) is 0 Å². The van der Waals surface area contributed by atoms with Crippen molar-refractivity contribution in [3.8, 4) is 0 Å². The van der Waals surface area contributed by atoms with Crippen molar-refractivity contribution in [2.45, 2.75) is 13.5 Å². The van der Waals surface area contributed by atoms with Crippen molar-refractivity contribution >= 4 is 5.69 Å². The summed E-state index contributed by atoms with van der Waals surface area (Å²) in [5.41, 5.74) is 7.24. The molecule has 0 aliphatic carbocycles. The molecule has 0 aliphatic rings. The molecule has 0 fully saturated rings. The third-order valence-electron chi connectivity index (χ3n) is 2.43. The van der Waals surface area contributed by atoms with Crippen LogP contribution in [0.15, 0.2) is 35.4 Å².